The number of amides is 1. The van der Waals surface area contributed by atoms with Crippen LogP contribution >= 0.6 is 0 Å². The molecule has 1 N–H and O–H groups in total. The second kappa shape index (κ2) is 6.88. The Hall–Kier alpha value is -2.61. The van der Waals surface area contributed by atoms with E-state index in [4.69, 9.17) is 4.74 Å². The molecule has 0 heterocycles. The highest BCUT2D eigenvalue weighted by Crippen LogP contribution is 2.26. The lowest BCUT2D eigenvalue weighted by Crippen LogP contribution is -2.25. The minimum atomic E-state index is -3.47. The molecule has 2 aromatic rings. The maximum Gasteiger partial charge on any atom is 0.259 e. The van der Waals surface area contributed by atoms with Gasteiger partial charge in [-0.05, 0) is 36.4 Å². The number of carbonyl (C=O) groups excluding carboxylic acids is 1. The van der Waals surface area contributed by atoms with E-state index in [1.165, 1.54) is 50.6 Å². The van der Waals surface area contributed by atoms with Crippen molar-refractivity contribution in [3.8, 4) is 5.75 Å². The number of nitrogens with zero attached hydrogens (tertiary/aromatic N) is 1. The second-order valence-electron chi connectivity index (χ2n) is 5.08. The van der Waals surface area contributed by atoms with Crippen LogP contribution in [-0.2, 0) is 10.0 Å². The number of methoxy groups -OCH3 is 1. The van der Waals surface area contributed by atoms with Crippen molar-refractivity contribution < 1.29 is 22.3 Å². The first-order valence-electron chi connectivity index (χ1n) is 6.91. The summed E-state index contributed by atoms with van der Waals surface area (Å²) in [7, 11) is -0.694. The Morgan fingerprint density at radius 3 is 2.50 bits per heavy atom. The van der Waals surface area contributed by atoms with Gasteiger partial charge in [-0.15, -0.1) is 0 Å². The van der Waals surface area contributed by atoms with E-state index in [0.29, 0.717) is 5.69 Å². The molecule has 0 aromatic heterocycles. The van der Waals surface area contributed by atoms with Crippen molar-refractivity contribution in [2.45, 2.75) is 0 Å². The van der Waals surface area contributed by atoms with Gasteiger partial charge in [0.05, 0.1) is 24.6 Å². The van der Waals surface area contributed by atoms with E-state index < -0.39 is 21.7 Å². The van der Waals surface area contributed by atoms with E-state index in [2.05, 4.69) is 5.32 Å². The van der Waals surface area contributed by atoms with Crippen molar-refractivity contribution in [1.29, 1.82) is 0 Å². The number of sulfonamides is 1. The summed E-state index contributed by atoms with van der Waals surface area (Å²) in [5.74, 6) is -0.749. The van der Waals surface area contributed by atoms with Gasteiger partial charge in [0.2, 0.25) is 10.0 Å². The molecule has 0 unspecified atom stereocenters. The van der Waals surface area contributed by atoms with E-state index in [1.807, 2.05) is 0 Å². The third kappa shape index (κ3) is 4.02. The minimum Gasteiger partial charge on any atom is -0.496 e. The molecule has 0 aliphatic rings. The summed E-state index contributed by atoms with van der Waals surface area (Å²) >= 11 is 0. The first-order chi connectivity index (χ1) is 11.2. The topological polar surface area (TPSA) is 75.7 Å². The van der Waals surface area contributed by atoms with Crippen molar-refractivity contribution >= 4 is 27.3 Å². The fourth-order valence-electron chi connectivity index (χ4n) is 2.03. The summed E-state index contributed by atoms with van der Waals surface area (Å²) in [6.07, 6.45) is 1.06. The maximum absolute atomic E-state index is 13.2. The molecule has 2 rings (SSSR count). The van der Waals surface area contributed by atoms with E-state index in [-0.39, 0.29) is 17.0 Å². The molecule has 0 fully saturated rings. The van der Waals surface area contributed by atoms with Crippen molar-refractivity contribution in [2.24, 2.45) is 0 Å². The van der Waals surface area contributed by atoms with Gasteiger partial charge in [0.15, 0.2) is 0 Å². The van der Waals surface area contributed by atoms with Gasteiger partial charge in [-0.3, -0.25) is 9.10 Å². The van der Waals surface area contributed by atoms with Crippen LogP contribution in [-0.4, -0.2) is 34.7 Å². The molecule has 0 aliphatic heterocycles. The standard InChI is InChI=1S/C16H17FN2O4S/c1-19(24(3,21)22)13-7-8-15(23-2)14(10-13)16(20)18-12-6-4-5-11(17)9-12/h4-10H,1-3H3,(H,18,20). The van der Waals surface area contributed by atoms with Gasteiger partial charge >= 0.3 is 0 Å². The average Bonchev–Trinajstić information content (AvgIpc) is 2.52. The minimum absolute atomic E-state index is 0.134. The fraction of sp³-hybridized carbons (Fsp3) is 0.188. The Bertz CT molecular complexity index is 868. The highest BCUT2D eigenvalue weighted by Gasteiger charge is 2.18. The number of ether oxygens (including phenoxy) is 1. The Labute approximate surface area is 139 Å². The van der Waals surface area contributed by atoms with Crippen molar-refractivity contribution in [1.82, 2.24) is 0 Å². The number of hydrogen-bond acceptors (Lipinski definition) is 4. The predicted octanol–water partition coefficient (Wildman–Crippen LogP) is 2.48. The lowest BCUT2D eigenvalue weighted by molar-refractivity contribution is 0.102. The van der Waals surface area contributed by atoms with E-state index >= 15 is 0 Å². The average molecular weight is 352 g/mol. The van der Waals surface area contributed by atoms with Crippen LogP contribution in [0.2, 0.25) is 0 Å². The molecule has 0 spiro atoms. The van der Waals surface area contributed by atoms with E-state index in [0.717, 1.165) is 10.6 Å². The second-order valence-corrected chi connectivity index (χ2v) is 7.09. The Balaban J connectivity index is 2.38. The smallest absolute Gasteiger partial charge is 0.259 e. The lowest BCUT2D eigenvalue weighted by Gasteiger charge is -2.18. The molecule has 0 bridgehead atoms. The zero-order valence-corrected chi connectivity index (χ0v) is 14.2. The number of rotatable bonds is 5. The molecule has 24 heavy (non-hydrogen) atoms. The zero-order chi connectivity index (χ0) is 17.9. The number of carbonyl (C=O) groups is 1. The number of halogens is 1. The molecule has 0 atom stereocenters. The first-order valence-corrected chi connectivity index (χ1v) is 8.76. The Morgan fingerprint density at radius 2 is 1.92 bits per heavy atom. The van der Waals surface area contributed by atoms with Crippen LogP contribution in [0.15, 0.2) is 42.5 Å². The Kier molecular flexibility index (Phi) is 5.08. The van der Waals surface area contributed by atoms with Crippen LogP contribution in [0, 0.1) is 5.82 Å². The van der Waals surface area contributed by atoms with Crippen molar-refractivity contribution in [3.63, 3.8) is 0 Å². The third-order valence-corrected chi connectivity index (χ3v) is 4.58. The van der Waals surface area contributed by atoms with Gasteiger partial charge < -0.3 is 10.1 Å². The van der Waals surface area contributed by atoms with Crippen LogP contribution in [0.3, 0.4) is 0 Å². The van der Waals surface area contributed by atoms with Gasteiger partial charge in [-0.2, -0.15) is 0 Å². The summed E-state index contributed by atoms with van der Waals surface area (Å²) in [6.45, 7) is 0. The maximum atomic E-state index is 13.2. The number of anilines is 2. The molecular formula is C16H17FN2O4S. The fourth-order valence-corrected chi connectivity index (χ4v) is 2.52. The first kappa shape index (κ1) is 17.7. The summed E-state index contributed by atoms with van der Waals surface area (Å²) in [5, 5.41) is 2.55. The molecular weight excluding hydrogens is 335 g/mol. The van der Waals surface area contributed by atoms with E-state index in [1.54, 1.807) is 6.07 Å². The normalized spacial score (nSPS) is 11.0. The molecule has 0 saturated carbocycles. The zero-order valence-electron chi connectivity index (χ0n) is 13.4. The van der Waals surface area contributed by atoms with Gasteiger partial charge in [-0.25, -0.2) is 12.8 Å². The van der Waals surface area contributed by atoms with Gasteiger partial charge in [0.1, 0.15) is 11.6 Å². The van der Waals surface area contributed by atoms with Crippen LogP contribution in [0.4, 0.5) is 15.8 Å². The summed E-state index contributed by atoms with van der Waals surface area (Å²) in [4.78, 5) is 12.4. The number of benzene rings is 2. The van der Waals surface area contributed by atoms with Crippen LogP contribution in [0.1, 0.15) is 10.4 Å². The van der Waals surface area contributed by atoms with Crippen LogP contribution in [0.5, 0.6) is 5.75 Å². The molecule has 128 valence electrons. The van der Waals surface area contributed by atoms with Crippen molar-refractivity contribution in [3.05, 3.63) is 53.8 Å². The highest BCUT2D eigenvalue weighted by atomic mass is 32.2. The predicted molar refractivity (Wildman–Crippen MR) is 90.6 cm³/mol. The van der Waals surface area contributed by atoms with E-state index in [9.17, 15) is 17.6 Å². The van der Waals surface area contributed by atoms with Gasteiger partial charge in [-0.1, -0.05) is 6.07 Å². The molecule has 8 heteroatoms. The SMILES string of the molecule is COc1ccc(N(C)S(C)(=O)=O)cc1C(=O)Nc1cccc(F)c1. The lowest BCUT2D eigenvalue weighted by atomic mass is 10.1. The van der Waals surface area contributed by atoms with Crippen LogP contribution in [0.25, 0.3) is 0 Å². The quantitative estimate of drug-likeness (QED) is 0.897. The number of nitrogens with one attached hydrogen (secondary N) is 1. The highest BCUT2D eigenvalue weighted by molar-refractivity contribution is 7.92. The molecule has 2 aromatic carbocycles. The summed E-state index contributed by atoms with van der Waals surface area (Å²) in [5.41, 5.74) is 0.723. The molecule has 0 aliphatic carbocycles. The van der Waals surface area contributed by atoms with Crippen molar-refractivity contribution in [2.75, 3.05) is 30.0 Å². The molecule has 0 saturated heterocycles. The largest absolute Gasteiger partial charge is 0.496 e. The van der Waals surface area contributed by atoms with Gasteiger partial charge in [0, 0.05) is 12.7 Å². The monoisotopic (exact) mass is 352 g/mol. The molecule has 6 nitrogen and oxygen atoms in total. The summed E-state index contributed by atoms with van der Waals surface area (Å²) in [6, 6.07) is 9.87. The van der Waals surface area contributed by atoms with Crippen LogP contribution < -0.4 is 14.4 Å². The summed E-state index contributed by atoms with van der Waals surface area (Å²) < 4.78 is 42.7. The Morgan fingerprint density at radius 1 is 1.21 bits per heavy atom. The molecule has 0 radical (unpaired) electrons. The molecule has 1 amide bonds. The number of hydrogen-bond donors (Lipinski definition) is 1. The van der Waals surface area contributed by atoms with Gasteiger partial charge in [0.25, 0.3) is 5.91 Å². The third-order valence-electron chi connectivity index (χ3n) is 3.37.